The third-order valence-electron chi connectivity index (χ3n) is 4.27. The first-order valence-corrected chi connectivity index (χ1v) is 9.83. The summed E-state index contributed by atoms with van der Waals surface area (Å²) in [6, 6.07) is 17.0. The van der Waals surface area contributed by atoms with Gasteiger partial charge in [-0.25, -0.2) is 0 Å². The van der Waals surface area contributed by atoms with Gasteiger partial charge in [0, 0.05) is 33.4 Å². The predicted octanol–water partition coefficient (Wildman–Crippen LogP) is 7.15. The lowest BCUT2D eigenvalue weighted by molar-refractivity contribution is 0.284. The van der Waals surface area contributed by atoms with Crippen LogP contribution >= 0.6 is 34.8 Å². The van der Waals surface area contributed by atoms with Crippen LogP contribution in [0.5, 0.6) is 11.5 Å². The molecule has 1 N–H and O–H groups in total. The van der Waals surface area contributed by atoms with E-state index in [0.717, 1.165) is 27.4 Å². The maximum Gasteiger partial charge on any atom is 0.163 e. The fourth-order valence-electron chi connectivity index (χ4n) is 2.67. The Hall–Kier alpha value is -2.07. The molecule has 146 valence electrons. The standard InChI is InChI=1S/C22H20Cl3NO2/c1-14-6-7-18(10-19(14)24)26-12-16-9-21(27-2)22(11-20(16)25)28-13-15-4-3-5-17(23)8-15/h3-11,26H,12-13H2,1-2H3. The SMILES string of the molecule is COc1cc(CNc2ccc(C)c(Cl)c2)c(Cl)cc1OCc1cccc(Cl)c1. The largest absolute Gasteiger partial charge is 0.493 e. The Balaban J connectivity index is 1.72. The zero-order valence-corrected chi connectivity index (χ0v) is 17.8. The van der Waals surface area contributed by atoms with Gasteiger partial charge in [-0.15, -0.1) is 0 Å². The number of hydrogen-bond acceptors (Lipinski definition) is 3. The van der Waals surface area contributed by atoms with Gasteiger partial charge in [-0.3, -0.25) is 0 Å². The molecule has 3 nitrogen and oxygen atoms in total. The summed E-state index contributed by atoms with van der Waals surface area (Å²) >= 11 is 18.7. The minimum Gasteiger partial charge on any atom is -0.493 e. The van der Waals surface area contributed by atoms with Crippen molar-refractivity contribution in [3.05, 3.63) is 86.4 Å². The molecule has 3 aromatic rings. The number of benzene rings is 3. The molecular formula is C22H20Cl3NO2. The fourth-order valence-corrected chi connectivity index (χ4v) is 3.29. The average Bonchev–Trinajstić information content (AvgIpc) is 2.68. The first-order valence-electron chi connectivity index (χ1n) is 8.70. The second-order valence-corrected chi connectivity index (χ2v) is 7.58. The highest BCUT2D eigenvalue weighted by molar-refractivity contribution is 6.32. The number of rotatable bonds is 7. The number of nitrogens with one attached hydrogen (secondary N) is 1. The zero-order valence-electron chi connectivity index (χ0n) is 15.6. The monoisotopic (exact) mass is 435 g/mol. The second kappa shape index (κ2) is 9.42. The molecule has 0 aromatic heterocycles. The maximum absolute atomic E-state index is 6.47. The van der Waals surface area contributed by atoms with Gasteiger partial charge in [0.1, 0.15) is 6.61 Å². The van der Waals surface area contributed by atoms with Gasteiger partial charge in [0.2, 0.25) is 0 Å². The number of anilines is 1. The topological polar surface area (TPSA) is 30.5 Å². The van der Waals surface area contributed by atoms with Crippen LogP contribution in [-0.4, -0.2) is 7.11 Å². The van der Waals surface area contributed by atoms with E-state index in [4.69, 9.17) is 44.3 Å². The summed E-state index contributed by atoms with van der Waals surface area (Å²) < 4.78 is 11.4. The minimum atomic E-state index is 0.368. The van der Waals surface area contributed by atoms with Crippen molar-refractivity contribution in [2.45, 2.75) is 20.1 Å². The maximum atomic E-state index is 6.47. The normalized spacial score (nSPS) is 10.6. The summed E-state index contributed by atoms with van der Waals surface area (Å²) in [4.78, 5) is 0. The molecule has 0 saturated carbocycles. The Morgan fingerprint density at radius 3 is 2.43 bits per heavy atom. The van der Waals surface area contributed by atoms with Crippen molar-refractivity contribution >= 4 is 40.5 Å². The molecule has 0 bridgehead atoms. The molecule has 0 spiro atoms. The Morgan fingerprint density at radius 1 is 0.893 bits per heavy atom. The van der Waals surface area contributed by atoms with E-state index in [1.807, 2.05) is 55.5 Å². The number of hydrogen-bond donors (Lipinski definition) is 1. The van der Waals surface area contributed by atoms with Crippen molar-refractivity contribution in [1.82, 2.24) is 0 Å². The molecule has 0 amide bonds. The first kappa shape index (κ1) is 20.7. The van der Waals surface area contributed by atoms with Gasteiger partial charge in [-0.2, -0.15) is 0 Å². The Morgan fingerprint density at radius 2 is 1.71 bits per heavy atom. The van der Waals surface area contributed by atoms with Crippen LogP contribution in [-0.2, 0) is 13.2 Å². The van der Waals surface area contributed by atoms with Gasteiger partial charge in [0.05, 0.1) is 7.11 Å². The van der Waals surface area contributed by atoms with Crippen LogP contribution in [0.15, 0.2) is 54.6 Å². The minimum absolute atomic E-state index is 0.368. The van der Waals surface area contributed by atoms with E-state index in [0.29, 0.717) is 34.7 Å². The molecule has 0 radical (unpaired) electrons. The molecule has 6 heteroatoms. The molecule has 0 saturated heterocycles. The van der Waals surface area contributed by atoms with E-state index in [9.17, 15) is 0 Å². The molecule has 0 aliphatic carbocycles. The molecule has 28 heavy (non-hydrogen) atoms. The molecule has 0 aliphatic rings. The van der Waals surface area contributed by atoms with Crippen molar-refractivity contribution in [3.63, 3.8) is 0 Å². The molecular weight excluding hydrogens is 417 g/mol. The lowest BCUT2D eigenvalue weighted by Gasteiger charge is -2.15. The quantitative estimate of drug-likeness (QED) is 0.426. The molecule has 0 unspecified atom stereocenters. The molecule has 0 aliphatic heterocycles. The van der Waals surface area contributed by atoms with Crippen LogP contribution < -0.4 is 14.8 Å². The Labute approximate surface area is 180 Å². The van der Waals surface area contributed by atoms with Crippen molar-refractivity contribution in [2.75, 3.05) is 12.4 Å². The summed E-state index contributed by atoms with van der Waals surface area (Å²) in [5, 5.41) is 5.31. The lowest BCUT2D eigenvalue weighted by atomic mass is 10.1. The van der Waals surface area contributed by atoms with Crippen LogP contribution in [0, 0.1) is 6.92 Å². The Kier molecular flexibility index (Phi) is 6.95. The van der Waals surface area contributed by atoms with Crippen LogP contribution in [0.4, 0.5) is 5.69 Å². The number of aryl methyl sites for hydroxylation is 1. The highest BCUT2D eigenvalue weighted by Crippen LogP contribution is 2.34. The molecule has 0 heterocycles. The summed E-state index contributed by atoms with van der Waals surface area (Å²) in [6.45, 7) is 2.87. The van der Waals surface area contributed by atoms with Gasteiger partial charge in [0.15, 0.2) is 11.5 Å². The molecule has 0 fully saturated rings. The van der Waals surface area contributed by atoms with E-state index in [1.165, 1.54) is 0 Å². The Bertz CT molecular complexity index is 976. The fraction of sp³-hybridized carbons (Fsp3) is 0.182. The van der Waals surface area contributed by atoms with Crippen molar-refractivity contribution in [3.8, 4) is 11.5 Å². The number of halogens is 3. The van der Waals surface area contributed by atoms with Crippen LogP contribution in [0.2, 0.25) is 15.1 Å². The van der Waals surface area contributed by atoms with Crippen LogP contribution in [0.3, 0.4) is 0 Å². The number of methoxy groups -OCH3 is 1. The van der Waals surface area contributed by atoms with E-state index >= 15 is 0 Å². The zero-order chi connectivity index (χ0) is 20.1. The summed E-state index contributed by atoms with van der Waals surface area (Å²) in [7, 11) is 1.60. The van der Waals surface area contributed by atoms with Gasteiger partial charge >= 0.3 is 0 Å². The molecule has 3 rings (SSSR count). The lowest BCUT2D eigenvalue weighted by Crippen LogP contribution is -2.03. The van der Waals surface area contributed by atoms with E-state index in [2.05, 4.69) is 5.32 Å². The summed E-state index contributed by atoms with van der Waals surface area (Å²) in [6.07, 6.45) is 0. The van der Waals surface area contributed by atoms with Gasteiger partial charge < -0.3 is 14.8 Å². The van der Waals surface area contributed by atoms with Crippen LogP contribution in [0.1, 0.15) is 16.7 Å². The van der Waals surface area contributed by atoms with Gasteiger partial charge in [-0.1, -0.05) is 53.0 Å². The van der Waals surface area contributed by atoms with Gasteiger partial charge in [-0.05, 0) is 53.9 Å². The van der Waals surface area contributed by atoms with E-state index in [-0.39, 0.29) is 0 Å². The first-order chi connectivity index (χ1) is 13.5. The van der Waals surface area contributed by atoms with Gasteiger partial charge in [0.25, 0.3) is 0 Å². The summed E-state index contributed by atoms with van der Waals surface area (Å²) in [5.41, 5.74) is 3.82. The molecule has 0 atom stereocenters. The third-order valence-corrected chi connectivity index (χ3v) is 5.26. The van der Waals surface area contributed by atoms with Crippen LogP contribution in [0.25, 0.3) is 0 Å². The van der Waals surface area contributed by atoms with Crippen molar-refractivity contribution in [2.24, 2.45) is 0 Å². The third kappa shape index (κ3) is 5.26. The highest BCUT2D eigenvalue weighted by Gasteiger charge is 2.11. The van der Waals surface area contributed by atoms with Crippen molar-refractivity contribution < 1.29 is 9.47 Å². The highest BCUT2D eigenvalue weighted by atomic mass is 35.5. The number of ether oxygens (including phenoxy) is 2. The van der Waals surface area contributed by atoms with Crippen molar-refractivity contribution in [1.29, 1.82) is 0 Å². The van der Waals surface area contributed by atoms with E-state index in [1.54, 1.807) is 13.2 Å². The second-order valence-electron chi connectivity index (χ2n) is 6.33. The smallest absolute Gasteiger partial charge is 0.163 e. The molecule has 3 aromatic carbocycles. The van der Waals surface area contributed by atoms with E-state index < -0.39 is 0 Å². The summed E-state index contributed by atoms with van der Waals surface area (Å²) in [5.74, 6) is 1.19. The average molecular weight is 437 g/mol. The predicted molar refractivity (Wildman–Crippen MR) is 117 cm³/mol.